The Kier molecular flexibility index (Phi) is 5.39. The molecule has 1 fully saturated rings. The molecule has 6 nitrogen and oxygen atoms in total. The summed E-state index contributed by atoms with van der Waals surface area (Å²) >= 11 is 0. The van der Waals surface area contributed by atoms with Gasteiger partial charge in [0.1, 0.15) is 5.60 Å². The molecule has 6 heteroatoms. The number of rotatable bonds is 3. The molecule has 0 unspecified atom stereocenters. The largest absolute Gasteiger partial charge is 0.464 e. The molecular formula is C14H25NO5. The highest BCUT2D eigenvalue weighted by Crippen LogP contribution is 2.28. The molecule has 0 aliphatic carbocycles. The van der Waals surface area contributed by atoms with Gasteiger partial charge in [-0.25, -0.2) is 9.59 Å². The van der Waals surface area contributed by atoms with E-state index in [9.17, 15) is 9.59 Å². The normalized spacial score (nSPS) is 18.6. The van der Waals surface area contributed by atoms with Crippen molar-refractivity contribution in [1.82, 2.24) is 4.90 Å². The van der Waals surface area contributed by atoms with E-state index < -0.39 is 11.2 Å². The highest BCUT2D eigenvalue weighted by atomic mass is 16.6. The third kappa shape index (κ3) is 4.10. The third-order valence-electron chi connectivity index (χ3n) is 3.26. The lowest BCUT2D eigenvalue weighted by molar-refractivity contribution is -0.174. The molecule has 0 saturated carbocycles. The molecule has 0 bridgehead atoms. The minimum atomic E-state index is -0.936. The van der Waals surface area contributed by atoms with E-state index in [4.69, 9.17) is 14.2 Å². The summed E-state index contributed by atoms with van der Waals surface area (Å²) < 4.78 is 15.7. The fraction of sp³-hybridized carbons (Fsp3) is 0.857. The average Bonchev–Trinajstić information content (AvgIpc) is 2.37. The van der Waals surface area contributed by atoms with Crippen LogP contribution in [-0.4, -0.2) is 55.0 Å². The van der Waals surface area contributed by atoms with Gasteiger partial charge in [-0.3, -0.25) is 0 Å². The number of likely N-dealkylation sites (tertiary alicyclic amines) is 1. The van der Waals surface area contributed by atoms with Gasteiger partial charge in [0.2, 0.25) is 0 Å². The molecule has 0 atom stereocenters. The van der Waals surface area contributed by atoms with Crippen LogP contribution in [0.2, 0.25) is 0 Å². The monoisotopic (exact) mass is 287 g/mol. The van der Waals surface area contributed by atoms with Crippen LogP contribution in [0.15, 0.2) is 0 Å². The zero-order chi connectivity index (χ0) is 15.4. The number of amides is 1. The van der Waals surface area contributed by atoms with Crippen LogP contribution < -0.4 is 0 Å². The van der Waals surface area contributed by atoms with Gasteiger partial charge in [0, 0.05) is 33.0 Å². The van der Waals surface area contributed by atoms with E-state index in [1.165, 1.54) is 7.11 Å². The van der Waals surface area contributed by atoms with E-state index >= 15 is 0 Å². The second-order valence-corrected chi connectivity index (χ2v) is 5.89. The predicted octanol–water partition coefficient (Wildman–Crippen LogP) is 1.97. The second-order valence-electron chi connectivity index (χ2n) is 5.89. The topological polar surface area (TPSA) is 65.1 Å². The minimum absolute atomic E-state index is 0.319. The van der Waals surface area contributed by atoms with E-state index in [2.05, 4.69) is 0 Å². The predicted molar refractivity (Wildman–Crippen MR) is 73.4 cm³/mol. The summed E-state index contributed by atoms with van der Waals surface area (Å²) in [7, 11) is 1.50. The fourth-order valence-corrected chi connectivity index (χ4v) is 2.13. The van der Waals surface area contributed by atoms with Gasteiger partial charge >= 0.3 is 12.1 Å². The Morgan fingerprint density at radius 3 is 2.15 bits per heavy atom. The highest BCUT2D eigenvalue weighted by Gasteiger charge is 2.44. The molecule has 0 aromatic rings. The maximum atomic E-state index is 12.0. The van der Waals surface area contributed by atoms with Crippen LogP contribution in [0.25, 0.3) is 0 Å². The summed E-state index contributed by atoms with van der Waals surface area (Å²) in [5, 5.41) is 0. The number of piperidine rings is 1. The summed E-state index contributed by atoms with van der Waals surface area (Å²) in [6, 6.07) is 0. The maximum absolute atomic E-state index is 12.0. The summed E-state index contributed by atoms with van der Waals surface area (Å²) in [6.45, 7) is 8.40. The van der Waals surface area contributed by atoms with Crippen LogP contribution in [0.1, 0.15) is 40.5 Å². The molecule has 1 rings (SSSR count). The van der Waals surface area contributed by atoms with Gasteiger partial charge in [0.05, 0.1) is 6.61 Å². The van der Waals surface area contributed by atoms with Gasteiger partial charge in [0.25, 0.3) is 0 Å². The summed E-state index contributed by atoms with van der Waals surface area (Å²) in [6.07, 6.45) is 0.481. The van der Waals surface area contributed by atoms with Crippen molar-refractivity contribution in [2.24, 2.45) is 0 Å². The molecule has 1 amide bonds. The van der Waals surface area contributed by atoms with Crippen LogP contribution in [0.4, 0.5) is 4.79 Å². The molecule has 116 valence electrons. The zero-order valence-corrected chi connectivity index (χ0v) is 13.0. The number of esters is 1. The molecule has 0 aromatic heterocycles. The lowest BCUT2D eigenvalue weighted by Gasteiger charge is -2.39. The SMILES string of the molecule is CCOC(=O)C1(OC)CCN(C(=O)OC(C)(C)C)CC1. The summed E-state index contributed by atoms with van der Waals surface area (Å²) in [5.41, 5.74) is -1.46. The Morgan fingerprint density at radius 2 is 1.75 bits per heavy atom. The molecule has 0 N–H and O–H groups in total. The Hall–Kier alpha value is -1.30. The number of ether oxygens (including phenoxy) is 3. The molecule has 1 saturated heterocycles. The van der Waals surface area contributed by atoms with Crippen molar-refractivity contribution in [3.05, 3.63) is 0 Å². The van der Waals surface area contributed by atoms with Gasteiger partial charge in [-0.1, -0.05) is 0 Å². The van der Waals surface area contributed by atoms with Crippen molar-refractivity contribution >= 4 is 12.1 Å². The van der Waals surface area contributed by atoms with Crippen molar-refractivity contribution in [1.29, 1.82) is 0 Å². The second kappa shape index (κ2) is 6.43. The van der Waals surface area contributed by atoms with E-state index in [1.54, 1.807) is 11.8 Å². The van der Waals surface area contributed by atoms with E-state index in [-0.39, 0.29) is 12.1 Å². The smallest absolute Gasteiger partial charge is 0.410 e. The van der Waals surface area contributed by atoms with Crippen molar-refractivity contribution in [2.75, 3.05) is 26.8 Å². The van der Waals surface area contributed by atoms with Crippen molar-refractivity contribution in [3.63, 3.8) is 0 Å². The number of methoxy groups -OCH3 is 1. The van der Waals surface area contributed by atoms with Gasteiger partial charge in [-0.05, 0) is 27.7 Å². The van der Waals surface area contributed by atoms with Crippen molar-refractivity contribution in [2.45, 2.75) is 51.7 Å². The lowest BCUT2D eigenvalue weighted by atomic mass is 9.91. The number of hydrogen-bond acceptors (Lipinski definition) is 5. The lowest BCUT2D eigenvalue weighted by Crippen LogP contribution is -2.53. The standard InChI is InChI=1S/C14H25NO5/c1-6-19-11(16)14(18-5)7-9-15(10-8-14)12(17)20-13(2,3)4/h6-10H2,1-5H3. The zero-order valence-electron chi connectivity index (χ0n) is 13.0. The molecule has 0 spiro atoms. The maximum Gasteiger partial charge on any atom is 0.410 e. The van der Waals surface area contributed by atoms with Gasteiger partial charge in [-0.2, -0.15) is 0 Å². The Balaban J connectivity index is 2.61. The first-order valence-electron chi connectivity index (χ1n) is 6.94. The molecule has 0 radical (unpaired) electrons. The van der Waals surface area contributed by atoms with Gasteiger partial charge < -0.3 is 19.1 Å². The minimum Gasteiger partial charge on any atom is -0.464 e. The molecule has 1 heterocycles. The third-order valence-corrected chi connectivity index (χ3v) is 3.26. The van der Waals surface area contributed by atoms with Crippen LogP contribution in [-0.2, 0) is 19.0 Å². The van der Waals surface area contributed by atoms with Crippen molar-refractivity contribution in [3.8, 4) is 0 Å². The molecule has 1 aliphatic rings. The van der Waals surface area contributed by atoms with E-state index in [1.807, 2.05) is 20.8 Å². The Labute approximate surface area is 120 Å². The van der Waals surface area contributed by atoms with Crippen molar-refractivity contribution < 1.29 is 23.8 Å². The van der Waals surface area contributed by atoms with Gasteiger partial charge in [-0.15, -0.1) is 0 Å². The summed E-state index contributed by atoms with van der Waals surface area (Å²) in [5.74, 6) is -0.355. The Bertz CT molecular complexity index is 353. The molecule has 0 aromatic carbocycles. The van der Waals surface area contributed by atoms with Crippen LogP contribution >= 0.6 is 0 Å². The number of carbonyl (C=O) groups excluding carboxylic acids is 2. The number of hydrogen-bond donors (Lipinski definition) is 0. The fourth-order valence-electron chi connectivity index (χ4n) is 2.13. The Morgan fingerprint density at radius 1 is 1.20 bits per heavy atom. The molecule has 20 heavy (non-hydrogen) atoms. The van der Waals surface area contributed by atoms with Crippen LogP contribution in [0, 0.1) is 0 Å². The first kappa shape index (κ1) is 16.8. The first-order valence-corrected chi connectivity index (χ1v) is 6.94. The van der Waals surface area contributed by atoms with Gasteiger partial charge in [0.15, 0.2) is 5.60 Å². The molecular weight excluding hydrogens is 262 g/mol. The van der Waals surface area contributed by atoms with Crippen LogP contribution in [0.5, 0.6) is 0 Å². The number of carbonyl (C=O) groups is 2. The highest BCUT2D eigenvalue weighted by molar-refractivity contribution is 5.80. The van der Waals surface area contributed by atoms with E-state index in [0.717, 1.165) is 0 Å². The van der Waals surface area contributed by atoms with E-state index in [0.29, 0.717) is 32.5 Å². The summed E-state index contributed by atoms with van der Waals surface area (Å²) in [4.78, 5) is 25.5. The molecule has 1 aliphatic heterocycles. The quantitative estimate of drug-likeness (QED) is 0.742. The average molecular weight is 287 g/mol. The first-order chi connectivity index (χ1) is 9.24. The van der Waals surface area contributed by atoms with Crippen LogP contribution in [0.3, 0.4) is 0 Å². The number of nitrogens with zero attached hydrogens (tertiary/aromatic N) is 1.